The lowest BCUT2D eigenvalue weighted by Crippen LogP contribution is -2.39. The summed E-state index contributed by atoms with van der Waals surface area (Å²) in [5.74, 6) is -0.347. The maximum atomic E-state index is 14.0. The van der Waals surface area contributed by atoms with E-state index < -0.39 is 5.60 Å². The van der Waals surface area contributed by atoms with Crippen molar-refractivity contribution < 1.29 is 13.9 Å². The van der Waals surface area contributed by atoms with Crippen LogP contribution in [0.3, 0.4) is 0 Å². The predicted octanol–water partition coefficient (Wildman–Crippen LogP) is 3.74. The molecule has 0 atom stereocenters. The Morgan fingerprint density at radius 2 is 2.00 bits per heavy atom. The molecular weight excluding hydrogens is 335 g/mol. The molecule has 0 saturated heterocycles. The summed E-state index contributed by atoms with van der Waals surface area (Å²) in [4.78, 5) is 13.8. The van der Waals surface area contributed by atoms with Gasteiger partial charge in [-0.3, -0.25) is 0 Å². The minimum absolute atomic E-state index is 0.320. The number of nitrogens with zero attached hydrogens (tertiary/aromatic N) is 4. The van der Waals surface area contributed by atoms with Crippen molar-refractivity contribution in [2.75, 3.05) is 13.1 Å². The first-order valence-electron chi connectivity index (χ1n) is 8.61. The number of hydrogen-bond donors (Lipinski definition) is 0. The fourth-order valence-corrected chi connectivity index (χ4v) is 2.85. The Labute approximate surface area is 152 Å². The highest BCUT2D eigenvalue weighted by Crippen LogP contribution is 2.26. The molecular formula is C19H23FN4O2. The molecule has 0 spiro atoms. The molecule has 1 aliphatic heterocycles. The van der Waals surface area contributed by atoms with Crippen molar-refractivity contribution in [2.45, 2.75) is 39.7 Å². The highest BCUT2D eigenvalue weighted by atomic mass is 19.1. The van der Waals surface area contributed by atoms with Crippen LogP contribution in [0.25, 0.3) is 11.3 Å². The molecule has 26 heavy (non-hydrogen) atoms. The van der Waals surface area contributed by atoms with Crippen LogP contribution >= 0.6 is 0 Å². The van der Waals surface area contributed by atoms with E-state index in [1.165, 1.54) is 10.7 Å². The third-order valence-electron chi connectivity index (χ3n) is 4.14. The van der Waals surface area contributed by atoms with Crippen LogP contribution in [-0.2, 0) is 4.74 Å². The topological polar surface area (TPSA) is 60.3 Å². The highest BCUT2D eigenvalue weighted by Gasteiger charge is 2.25. The number of para-hydroxylation sites is 1. The Morgan fingerprint density at radius 1 is 1.27 bits per heavy atom. The van der Waals surface area contributed by atoms with Gasteiger partial charge in [0.2, 0.25) is 0 Å². The van der Waals surface area contributed by atoms with Gasteiger partial charge in [0, 0.05) is 13.1 Å². The Morgan fingerprint density at radius 3 is 2.62 bits per heavy atom. The number of benzene rings is 1. The fourth-order valence-electron chi connectivity index (χ4n) is 2.85. The van der Waals surface area contributed by atoms with Gasteiger partial charge in [0.15, 0.2) is 0 Å². The average molecular weight is 358 g/mol. The molecule has 0 aliphatic carbocycles. The first kappa shape index (κ1) is 18.1. The van der Waals surface area contributed by atoms with Crippen molar-refractivity contribution in [1.29, 1.82) is 0 Å². The minimum Gasteiger partial charge on any atom is -0.444 e. The molecule has 6 nitrogen and oxygen atoms in total. The first-order valence-corrected chi connectivity index (χ1v) is 8.61. The zero-order valence-electron chi connectivity index (χ0n) is 15.5. The van der Waals surface area contributed by atoms with E-state index in [0.717, 1.165) is 17.0 Å². The zero-order valence-corrected chi connectivity index (χ0v) is 15.5. The van der Waals surface area contributed by atoms with Crippen molar-refractivity contribution in [3.63, 3.8) is 0 Å². The number of carbonyl (C=O) groups excluding carboxylic acids is 1. The number of rotatable bonds is 2. The maximum absolute atomic E-state index is 14.0. The predicted molar refractivity (Wildman–Crippen MR) is 96.5 cm³/mol. The Bertz CT molecular complexity index is 851. The number of ether oxygens (including phenoxy) is 1. The van der Waals surface area contributed by atoms with Gasteiger partial charge < -0.3 is 9.64 Å². The standard InChI is InChI=1S/C19H23FN4O2/c1-13-17(21-22-24(13)16-8-6-5-7-15(16)20)14-9-11-23(12-10-14)18(25)26-19(2,3)4/h5-9H,10-12H2,1-4H3. The van der Waals surface area contributed by atoms with Gasteiger partial charge in [-0.05, 0) is 51.8 Å². The fraction of sp³-hybridized carbons (Fsp3) is 0.421. The summed E-state index contributed by atoms with van der Waals surface area (Å²) in [7, 11) is 0. The maximum Gasteiger partial charge on any atom is 0.410 e. The van der Waals surface area contributed by atoms with E-state index in [1.807, 2.05) is 33.8 Å². The largest absolute Gasteiger partial charge is 0.444 e. The first-order chi connectivity index (χ1) is 12.3. The third-order valence-corrected chi connectivity index (χ3v) is 4.14. The molecule has 3 rings (SSSR count). The van der Waals surface area contributed by atoms with Gasteiger partial charge in [-0.2, -0.15) is 0 Å². The number of aromatic nitrogens is 3. The summed E-state index contributed by atoms with van der Waals surface area (Å²) in [6, 6.07) is 6.47. The molecule has 1 amide bonds. The summed E-state index contributed by atoms with van der Waals surface area (Å²) in [6.45, 7) is 8.41. The highest BCUT2D eigenvalue weighted by molar-refractivity contribution is 5.72. The summed E-state index contributed by atoms with van der Waals surface area (Å²) in [5.41, 5.74) is 2.37. The van der Waals surface area contributed by atoms with Crippen molar-refractivity contribution in [2.24, 2.45) is 0 Å². The van der Waals surface area contributed by atoms with Crippen LogP contribution in [0.5, 0.6) is 0 Å². The van der Waals surface area contributed by atoms with E-state index in [-0.39, 0.29) is 11.9 Å². The van der Waals surface area contributed by atoms with Gasteiger partial charge in [-0.25, -0.2) is 13.9 Å². The smallest absolute Gasteiger partial charge is 0.410 e. The van der Waals surface area contributed by atoms with Gasteiger partial charge in [0.1, 0.15) is 22.8 Å². The average Bonchev–Trinajstić information content (AvgIpc) is 2.95. The molecule has 0 bridgehead atoms. The Balaban J connectivity index is 1.78. The number of hydrogen-bond acceptors (Lipinski definition) is 4. The van der Waals surface area contributed by atoms with Crippen molar-refractivity contribution in [3.8, 4) is 5.69 Å². The van der Waals surface area contributed by atoms with Crippen LogP contribution in [0, 0.1) is 12.7 Å². The van der Waals surface area contributed by atoms with Crippen LogP contribution in [0.1, 0.15) is 38.6 Å². The number of carbonyl (C=O) groups is 1. The molecule has 1 aromatic carbocycles. The molecule has 138 valence electrons. The lowest BCUT2D eigenvalue weighted by atomic mass is 10.0. The molecule has 1 aliphatic rings. The molecule has 7 heteroatoms. The van der Waals surface area contributed by atoms with Gasteiger partial charge in [-0.1, -0.05) is 23.4 Å². The second kappa shape index (κ2) is 6.90. The summed E-state index contributed by atoms with van der Waals surface area (Å²) in [6.07, 6.45) is 2.28. The van der Waals surface area contributed by atoms with Crippen LogP contribution < -0.4 is 0 Å². The van der Waals surface area contributed by atoms with E-state index in [4.69, 9.17) is 4.74 Å². The summed E-state index contributed by atoms with van der Waals surface area (Å²) >= 11 is 0. The Kier molecular flexibility index (Phi) is 4.80. The number of halogens is 1. The van der Waals surface area contributed by atoms with Crippen LogP contribution in [0.15, 0.2) is 30.3 Å². The van der Waals surface area contributed by atoms with E-state index >= 15 is 0 Å². The second-order valence-electron chi connectivity index (χ2n) is 7.29. The monoisotopic (exact) mass is 358 g/mol. The SMILES string of the molecule is Cc1c(C2=CCN(C(=O)OC(C)(C)C)CC2)nnn1-c1ccccc1F. The van der Waals surface area contributed by atoms with E-state index in [1.54, 1.807) is 23.1 Å². The van der Waals surface area contributed by atoms with E-state index in [0.29, 0.717) is 25.2 Å². The molecule has 2 aromatic rings. The van der Waals surface area contributed by atoms with E-state index in [2.05, 4.69) is 10.3 Å². The van der Waals surface area contributed by atoms with Crippen molar-refractivity contribution >= 4 is 11.7 Å². The van der Waals surface area contributed by atoms with Crippen molar-refractivity contribution in [3.05, 3.63) is 47.5 Å². The Hall–Kier alpha value is -2.70. The zero-order chi connectivity index (χ0) is 18.9. The van der Waals surface area contributed by atoms with Gasteiger partial charge >= 0.3 is 6.09 Å². The van der Waals surface area contributed by atoms with Crippen LogP contribution in [0.2, 0.25) is 0 Å². The van der Waals surface area contributed by atoms with Crippen LogP contribution in [-0.4, -0.2) is 44.7 Å². The summed E-state index contributed by atoms with van der Waals surface area (Å²) < 4.78 is 20.9. The quantitative estimate of drug-likeness (QED) is 0.820. The third kappa shape index (κ3) is 3.76. The van der Waals surface area contributed by atoms with Gasteiger partial charge in [-0.15, -0.1) is 5.10 Å². The van der Waals surface area contributed by atoms with Gasteiger partial charge in [0.05, 0.1) is 5.69 Å². The number of amides is 1. The van der Waals surface area contributed by atoms with Crippen molar-refractivity contribution in [1.82, 2.24) is 19.9 Å². The molecule has 0 unspecified atom stereocenters. The lowest BCUT2D eigenvalue weighted by molar-refractivity contribution is 0.0270. The molecule has 0 fully saturated rings. The molecule has 0 radical (unpaired) electrons. The van der Waals surface area contributed by atoms with Crippen LogP contribution in [0.4, 0.5) is 9.18 Å². The molecule has 1 aromatic heterocycles. The lowest BCUT2D eigenvalue weighted by Gasteiger charge is -2.29. The van der Waals surface area contributed by atoms with Gasteiger partial charge in [0.25, 0.3) is 0 Å². The second-order valence-corrected chi connectivity index (χ2v) is 7.29. The summed E-state index contributed by atoms with van der Waals surface area (Å²) in [5, 5.41) is 8.33. The van der Waals surface area contributed by atoms with E-state index in [9.17, 15) is 9.18 Å². The molecule has 2 heterocycles. The normalized spacial score (nSPS) is 15.0. The minimum atomic E-state index is -0.514. The molecule has 0 saturated carbocycles. The molecule has 0 N–H and O–H groups in total.